The highest BCUT2D eigenvalue weighted by Crippen LogP contribution is 2.43. The van der Waals surface area contributed by atoms with Crippen LogP contribution < -0.4 is 0 Å². The van der Waals surface area contributed by atoms with Crippen LogP contribution in [0.2, 0.25) is 0 Å². The Hall–Kier alpha value is -0.870. The maximum absolute atomic E-state index is 13.4. The lowest BCUT2D eigenvalue weighted by Crippen LogP contribution is -2.45. The Morgan fingerprint density at radius 3 is 1.41 bits per heavy atom. The van der Waals surface area contributed by atoms with E-state index in [9.17, 15) is 59.9 Å². The first-order valence-electron chi connectivity index (χ1n) is 11.7. The van der Waals surface area contributed by atoms with Crippen molar-refractivity contribution < 1.29 is 69.4 Å². The van der Waals surface area contributed by atoms with Gasteiger partial charge in [0.2, 0.25) is 0 Å². The highest BCUT2D eigenvalue weighted by molar-refractivity contribution is 4.87. The van der Waals surface area contributed by atoms with Gasteiger partial charge in [-0.2, -0.15) is 39.5 Å². The second-order valence-corrected chi connectivity index (χ2v) is 9.67. The van der Waals surface area contributed by atoms with Gasteiger partial charge in [0.25, 0.3) is 0 Å². The third-order valence-corrected chi connectivity index (χ3v) is 6.49. The van der Waals surface area contributed by atoms with E-state index in [-0.39, 0.29) is 12.8 Å². The summed E-state index contributed by atoms with van der Waals surface area (Å²) in [6, 6.07) is 0. The van der Waals surface area contributed by atoms with Crippen LogP contribution in [0, 0.1) is 16.2 Å². The second-order valence-electron chi connectivity index (χ2n) is 9.67. The van der Waals surface area contributed by atoms with Gasteiger partial charge < -0.3 is 29.9 Å². The van der Waals surface area contributed by atoms with Gasteiger partial charge in [0.05, 0.1) is 46.1 Å². The molecule has 4 N–H and O–H groups in total. The molecular weight excluding hydrogens is 531 g/mol. The molecule has 0 aliphatic heterocycles. The van der Waals surface area contributed by atoms with Crippen LogP contribution in [0.4, 0.5) is 39.5 Å². The predicted molar refractivity (Wildman–Crippen MR) is 113 cm³/mol. The van der Waals surface area contributed by atoms with Gasteiger partial charge in [-0.05, 0) is 25.7 Å². The van der Waals surface area contributed by atoms with Gasteiger partial charge >= 0.3 is 18.5 Å². The van der Waals surface area contributed by atoms with Gasteiger partial charge in [0, 0.05) is 30.5 Å². The largest absolute Gasteiger partial charge is 0.398 e. The first-order chi connectivity index (χ1) is 16.9. The van der Waals surface area contributed by atoms with Crippen LogP contribution >= 0.6 is 0 Å². The van der Waals surface area contributed by atoms with Gasteiger partial charge in [0.1, 0.15) is 5.41 Å². The van der Waals surface area contributed by atoms with E-state index < -0.39 is 120 Å². The number of aliphatic hydroxyl groups excluding tert-OH is 4. The molecule has 0 rings (SSSR count). The average molecular weight is 569 g/mol. The Labute approximate surface area is 209 Å². The zero-order valence-electron chi connectivity index (χ0n) is 20.6. The number of hydrogen-bond donors (Lipinski definition) is 4. The Bertz CT molecular complexity index is 623. The molecule has 0 saturated heterocycles. The van der Waals surface area contributed by atoms with Crippen LogP contribution in [0.25, 0.3) is 0 Å². The summed E-state index contributed by atoms with van der Waals surface area (Å²) < 4.78 is 128. The van der Waals surface area contributed by atoms with Crippen molar-refractivity contribution >= 4 is 0 Å². The van der Waals surface area contributed by atoms with E-state index in [4.69, 9.17) is 9.47 Å². The van der Waals surface area contributed by atoms with Crippen molar-refractivity contribution in [2.75, 3.05) is 52.9 Å². The summed E-state index contributed by atoms with van der Waals surface area (Å²) in [5, 5.41) is 38.0. The molecule has 0 bridgehead atoms. The van der Waals surface area contributed by atoms with Crippen LogP contribution in [0.3, 0.4) is 0 Å². The van der Waals surface area contributed by atoms with E-state index in [2.05, 4.69) is 0 Å². The van der Waals surface area contributed by atoms with Gasteiger partial charge in [-0.25, -0.2) is 0 Å². The van der Waals surface area contributed by atoms with Gasteiger partial charge in [-0.1, -0.05) is 13.3 Å². The van der Waals surface area contributed by atoms with Gasteiger partial charge in [-0.3, -0.25) is 0 Å². The third-order valence-electron chi connectivity index (χ3n) is 6.49. The number of ether oxygens (including phenoxy) is 2. The molecule has 0 aromatic rings. The lowest BCUT2D eigenvalue weighted by atomic mass is 9.81. The molecule has 6 nitrogen and oxygen atoms in total. The molecule has 15 heteroatoms. The van der Waals surface area contributed by atoms with Gasteiger partial charge in [0.15, 0.2) is 0 Å². The quantitative estimate of drug-likeness (QED) is 0.136. The summed E-state index contributed by atoms with van der Waals surface area (Å²) in [5.41, 5.74) is -6.23. The second kappa shape index (κ2) is 15.1. The number of halogens is 9. The highest BCUT2D eigenvalue weighted by atomic mass is 19.4. The first kappa shape index (κ1) is 36.1. The summed E-state index contributed by atoms with van der Waals surface area (Å²) in [7, 11) is 0. The van der Waals surface area contributed by atoms with E-state index in [1.54, 1.807) is 0 Å². The minimum atomic E-state index is -4.83. The van der Waals surface area contributed by atoms with Crippen LogP contribution in [0.1, 0.15) is 51.9 Å². The molecule has 37 heavy (non-hydrogen) atoms. The number of aliphatic hydroxyl groups is 4. The molecule has 0 aliphatic carbocycles. The van der Waals surface area contributed by atoms with Crippen molar-refractivity contribution in [1.29, 1.82) is 0 Å². The van der Waals surface area contributed by atoms with Gasteiger partial charge in [-0.15, -0.1) is 0 Å². The minimum Gasteiger partial charge on any atom is -0.396 e. The van der Waals surface area contributed by atoms with E-state index in [1.807, 2.05) is 0 Å². The van der Waals surface area contributed by atoms with Crippen molar-refractivity contribution in [2.45, 2.75) is 70.4 Å². The van der Waals surface area contributed by atoms with E-state index in [0.29, 0.717) is 0 Å². The number of hydrogen-bond acceptors (Lipinski definition) is 6. The van der Waals surface area contributed by atoms with Crippen LogP contribution in [0.5, 0.6) is 0 Å². The molecule has 2 unspecified atom stereocenters. The standard InChI is InChI=1S/C22H37F9O6/c1-2-3-19(14-35,22(29,30)31)16-37-9-7-18(13-34,10-21(26,27)28)15-36-8-6-17(11-32,12-33)4-5-20(23,24)25/h32-35H,2-16H2,1H3. The maximum Gasteiger partial charge on any atom is 0.398 e. The summed E-state index contributed by atoms with van der Waals surface area (Å²) in [6.07, 6.45) is -19.1. The van der Waals surface area contributed by atoms with E-state index in [1.165, 1.54) is 6.92 Å². The Morgan fingerprint density at radius 2 is 1.03 bits per heavy atom. The molecule has 0 aromatic carbocycles. The maximum atomic E-state index is 13.4. The summed E-state index contributed by atoms with van der Waals surface area (Å²) in [4.78, 5) is 0. The highest BCUT2D eigenvalue weighted by Gasteiger charge is 2.54. The summed E-state index contributed by atoms with van der Waals surface area (Å²) in [6.45, 7) is -5.47. The minimum absolute atomic E-state index is 0.0536. The molecule has 0 saturated carbocycles. The first-order valence-corrected chi connectivity index (χ1v) is 11.7. The smallest absolute Gasteiger partial charge is 0.396 e. The molecule has 0 spiro atoms. The van der Waals surface area contributed by atoms with E-state index >= 15 is 0 Å². The third kappa shape index (κ3) is 12.7. The average Bonchev–Trinajstić information content (AvgIpc) is 2.78. The van der Waals surface area contributed by atoms with Crippen molar-refractivity contribution in [3.63, 3.8) is 0 Å². The van der Waals surface area contributed by atoms with Crippen molar-refractivity contribution in [3.8, 4) is 0 Å². The molecule has 0 aliphatic rings. The topological polar surface area (TPSA) is 99.4 Å². The molecule has 0 fully saturated rings. The summed E-state index contributed by atoms with van der Waals surface area (Å²) >= 11 is 0. The molecule has 0 heterocycles. The molecule has 0 aromatic heterocycles. The molecule has 2 atom stereocenters. The fraction of sp³-hybridized carbons (Fsp3) is 1.00. The molecular formula is C22H37F9O6. The van der Waals surface area contributed by atoms with Crippen LogP contribution in [0.15, 0.2) is 0 Å². The van der Waals surface area contributed by atoms with Crippen molar-refractivity contribution in [3.05, 3.63) is 0 Å². The number of rotatable bonds is 19. The predicted octanol–water partition coefficient (Wildman–Crippen LogP) is 4.39. The Kier molecular flexibility index (Phi) is 14.7. The Morgan fingerprint density at radius 1 is 0.541 bits per heavy atom. The Balaban J connectivity index is 5.28. The molecule has 0 amide bonds. The zero-order valence-corrected chi connectivity index (χ0v) is 20.6. The monoisotopic (exact) mass is 568 g/mol. The zero-order chi connectivity index (χ0) is 29.0. The normalized spacial score (nSPS) is 17.0. The number of alkyl halides is 9. The molecule has 224 valence electrons. The lowest BCUT2D eigenvalue weighted by Gasteiger charge is -2.36. The fourth-order valence-corrected chi connectivity index (χ4v) is 3.84. The van der Waals surface area contributed by atoms with Crippen LogP contribution in [-0.2, 0) is 9.47 Å². The fourth-order valence-electron chi connectivity index (χ4n) is 3.84. The van der Waals surface area contributed by atoms with E-state index in [0.717, 1.165) is 0 Å². The summed E-state index contributed by atoms with van der Waals surface area (Å²) in [5.74, 6) is 0. The lowest BCUT2D eigenvalue weighted by molar-refractivity contribution is -0.255. The SMILES string of the molecule is CCCC(CO)(COCCC(CO)(COCCC(CO)(CO)CCC(F)(F)F)CC(F)(F)F)C(F)(F)F. The van der Waals surface area contributed by atoms with Crippen molar-refractivity contribution in [1.82, 2.24) is 0 Å². The van der Waals surface area contributed by atoms with Crippen molar-refractivity contribution in [2.24, 2.45) is 16.2 Å². The van der Waals surface area contributed by atoms with Crippen LogP contribution in [-0.4, -0.2) is 91.8 Å². The molecule has 0 radical (unpaired) electrons.